The van der Waals surface area contributed by atoms with Gasteiger partial charge in [0.05, 0.1) is 5.69 Å². The van der Waals surface area contributed by atoms with Gasteiger partial charge in [-0.15, -0.1) is 11.3 Å². The van der Waals surface area contributed by atoms with Gasteiger partial charge in [-0.2, -0.15) is 0 Å². The Bertz CT molecular complexity index is 4150. The molecule has 0 saturated heterocycles. The van der Waals surface area contributed by atoms with E-state index < -0.39 is 0 Å². The Morgan fingerprint density at radius 2 is 0.988 bits per heavy atom. The van der Waals surface area contributed by atoms with Crippen molar-refractivity contribution in [3.8, 4) is 0 Å². The molecule has 2 aliphatic heterocycles. The molecular weight excluding hydrogens is 1030 g/mol. The molecule has 0 unspecified atom stereocenters. The number of fused-ring (bicyclic) bond motifs is 9. The van der Waals surface area contributed by atoms with Crippen molar-refractivity contribution in [3.05, 3.63) is 189 Å². The summed E-state index contributed by atoms with van der Waals surface area (Å²) in [6.07, 6.45) is 4.67. The van der Waals surface area contributed by atoms with E-state index in [1.54, 1.807) is 0 Å². The number of rotatable bonds is 5. The van der Waals surface area contributed by atoms with E-state index in [2.05, 4.69) is 287 Å². The van der Waals surface area contributed by atoms with Crippen molar-refractivity contribution in [2.24, 2.45) is 0 Å². The number of aryl methyl sites for hydroxylation is 3. The lowest BCUT2D eigenvalue weighted by atomic mass is 9.33. The van der Waals surface area contributed by atoms with E-state index in [-0.39, 0.29) is 44.6 Å². The minimum Gasteiger partial charge on any atom is -0.311 e. The summed E-state index contributed by atoms with van der Waals surface area (Å²) in [5.74, 6) is 0. The molecule has 0 amide bonds. The Hall–Kier alpha value is -6.56. The summed E-state index contributed by atoms with van der Waals surface area (Å²) in [5, 5.41) is 2.64. The van der Waals surface area contributed by atoms with Crippen LogP contribution in [0.15, 0.2) is 133 Å². The van der Waals surface area contributed by atoms with E-state index in [9.17, 15) is 0 Å². The Labute approximate surface area is 508 Å². The second kappa shape index (κ2) is 18.7. The first-order valence-electron chi connectivity index (χ1n) is 31.5. The Balaban J connectivity index is 1.16. The van der Waals surface area contributed by atoms with Crippen LogP contribution in [0.2, 0.25) is 0 Å². The number of benzene rings is 8. The van der Waals surface area contributed by atoms with Gasteiger partial charge in [-0.25, -0.2) is 0 Å². The minimum atomic E-state index is -0.0656. The number of thiophene rings is 1. The van der Waals surface area contributed by atoms with E-state index >= 15 is 0 Å². The van der Waals surface area contributed by atoms with Crippen LogP contribution >= 0.6 is 11.3 Å². The molecule has 430 valence electrons. The molecule has 0 saturated carbocycles. The van der Waals surface area contributed by atoms with Gasteiger partial charge >= 0.3 is 0 Å². The molecular formula is C79H90BN3S. The van der Waals surface area contributed by atoms with E-state index in [4.69, 9.17) is 0 Å². The maximum absolute atomic E-state index is 2.73. The van der Waals surface area contributed by atoms with Crippen LogP contribution in [0.1, 0.15) is 199 Å². The summed E-state index contributed by atoms with van der Waals surface area (Å²) < 4.78 is 2.69. The average Bonchev–Trinajstić information content (AvgIpc) is 0.843. The van der Waals surface area contributed by atoms with E-state index in [0.29, 0.717) is 0 Å². The molecule has 3 heterocycles. The predicted molar refractivity (Wildman–Crippen MR) is 369 cm³/mol. The zero-order valence-electron chi connectivity index (χ0n) is 54.4. The highest BCUT2D eigenvalue weighted by molar-refractivity contribution is 7.26. The van der Waals surface area contributed by atoms with Crippen LogP contribution in [0.25, 0.3) is 20.2 Å². The standard InChI is InChI=1S/C79H90BN3S/c1-47-39-67-71-68(40-47)83(64-34-30-56(75(10,11)12)72-70(64)54-23-21-22-24-69(54)84-72)65-44-53(81(62-32-25-50(41-48(62)2)73(4,5)6)63-33-26-51(42-49(63)3)74(7,8)9)28-31-60(65)80(71)61-45-58-59(79(19,20)38-37-78(58,17)18)46-66(61)82(67)52-27-29-55-57(43-52)77(15,16)36-35-76(55,13)14/h21-34,39-46H,35-38H2,1-20H3. The van der Waals surface area contributed by atoms with Crippen molar-refractivity contribution >= 4 is 106 Å². The van der Waals surface area contributed by atoms with E-state index in [1.165, 1.54) is 151 Å². The Kier molecular flexibility index (Phi) is 12.6. The normalized spacial score (nSPS) is 17.4. The SMILES string of the molecule is Cc1cc2c3c(c1)N(c1ccc(C(C)(C)C)c4sc5ccccc5c14)c1cc(N(c4ccc(C(C)(C)C)cc4C)c4ccc(C(C)(C)C)cc4C)ccc1B3c1cc3c(cc1N2c1ccc2c(c1)C(C)(C)CCC2(C)C)C(C)(C)CCC3(C)C. The summed E-state index contributed by atoms with van der Waals surface area (Å²) in [7, 11) is 0. The largest absolute Gasteiger partial charge is 0.311 e. The van der Waals surface area contributed by atoms with Crippen LogP contribution in [0.4, 0.5) is 51.2 Å². The van der Waals surface area contributed by atoms with Crippen molar-refractivity contribution in [1.82, 2.24) is 0 Å². The highest BCUT2D eigenvalue weighted by Gasteiger charge is 2.48. The Morgan fingerprint density at radius 3 is 1.56 bits per heavy atom. The van der Waals surface area contributed by atoms with Crippen LogP contribution in [-0.2, 0) is 37.9 Å². The van der Waals surface area contributed by atoms with Crippen molar-refractivity contribution in [2.75, 3.05) is 14.7 Å². The van der Waals surface area contributed by atoms with Gasteiger partial charge in [0.15, 0.2) is 0 Å². The minimum absolute atomic E-state index is 0.0115. The molecule has 0 atom stereocenters. The first kappa shape index (κ1) is 56.6. The van der Waals surface area contributed by atoms with Gasteiger partial charge in [0.25, 0.3) is 6.71 Å². The molecule has 0 fully saturated rings. The number of hydrogen-bond donors (Lipinski definition) is 0. The molecule has 84 heavy (non-hydrogen) atoms. The fourth-order valence-electron chi connectivity index (χ4n) is 15.3. The zero-order chi connectivity index (χ0) is 59.9. The van der Waals surface area contributed by atoms with E-state index in [1.807, 2.05) is 11.3 Å². The third-order valence-electron chi connectivity index (χ3n) is 20.7. The molecule has 8 aromatic carbocycles. The van der Waals surface area contributed by atoms with Crippen LogP contribution in [0, 0.1) is 20.8 Å². The van der Waals surface area contributed by atoms with Gasteiger partial charge in [0.2, 0.25) is 0 Å². The van der Waals surface area contributed by atoms with Gasteiger partial charge in [-0.05, 0) is 223 Å². The van der Waals surface area contributed by atoms with Gasteiger partial charge in [0, 0.05) is 65.7 Å². The van der Waals surface area contributed by atoms with Gasteiger partial charge in [0.1, 0.15) is 0 Å². The molecule has 5 heteroatoms. The van der Waals surface area contributed by atoms with Crippen LogP contribution in [0.5, 0.6) is 0 Å². The van der Waals surface area contributed by atoms with E-state index in [0.717, 1.165) is 18.5 Å². The molecule has 0 spiro atoms. The molecule has 4 aliphatic rings. The van der Waals surface area contributed by atoms with Gasteiger partial charge in [-0.1, -0.05) is 184 Å². The predicted octanol–water partition coefficient (Wildman–Crippen LogP) is 21.1. The van der Waals surface area contributed by atoms with Crippen LogP contribution in [-0.4, -0.2) is 6.71 Å². The number of nitrogens with zero attached hydrogens (tertiary/aromatic N) is 3. The summed E-state index contributed by atoms with van der Waals surface area (Å²) >= 11 is 1.96. The summed E-state index contributed by atoms with van der Waals surface area (Å²) in [5.41, 5.74) is 29.2. The molecule has 9 aromatic rings. The molecule has 0 bridgehead atoms. The first-order chi connectivity index (χ1) is 39.2. The summed E-state index contributed by atoms with van der Waals surface area (Å²) in [4.78, 5) is 8.03. The molecule has 1 aromatic heterocycles. The summed E-state index contributed by atoms with van der Waals surface area (Å²) in [6.45, 7) is 47.9. The number of anilines is 9. The zero-order valence-corrected chi connectivity index (χ0v) is 55.2. The first-order valence-corrected chi connectivity index (χ1v) is 32.3. The highest BCUT2D eigenvalue weighted by atomic mass is 32.1. The van der Waals surface area contributed by atoms with Crippen molar-refractivity contribution in [1.29, 1.82) is 0 Å². The molecule has 3 nitrogen and oxygen atoms in total. The second-order valence-electron chi connectivity index (χ2n) is 31.8. The third kappa shape index (κ3) is 8.84. The lowest BCUT2D eigenvalue weighted by Gasteiger charge is -2.48. The quantitative estimate of drug-likeness (QED) is 0.159. The molecule has 0 radical (unpaired) electrons. The van der Waals surface area contributed by atoms with Crippen molar-refractivity contribution in [2.45, 2.75) is 202 Å². The average molecular weight is 1120 g/mol. The lowest BCUT2D eigenvalue weighted by Crippen LogP contribution is -2.62. The van der Waals surface area contributed by atoms with Crippen LogP contribution < -0.4 is 31.1 Å². The fourth-order valence-corrected chi connectivity index (χ4v) is 16.8. The van der Waals surface area contributed by atoms with Gasteiger partial charge < -0.3 is 14.7 Å². The topological polar surface area (TPSA) is 9.72 Å². The number of hydrogen-bond acceptors (Lipinski definition) is 4. The fraction of sp³-hybridized carbons (Fsp3) is 0.392. The highest BCUT2D eigenvalue weighted by Crippen LogP contribution is 2.55. The maximum Gasteiger partial charge on any atom is 0.252 e. The maximum atomic E-state index is 2.73. The Morgan fingerprint density at radius 1 is 0.452 bits per heavy atom. The molecule has 13 rings (SSSR count). The lowest BCUT2D eigenvalue weighted by molar-refractivity contribution is 0.332. The van der Waals surface area contributed by atoms with Crippen molar-refractivity contribution < 1.29 is 0 Å². The monoisotopic (exact) mass is 1120 g/mol. The third-order valence-corrected chi connectivity index (χ3v) is 21.9. The van der Waals surface area contributed by atoms with Crippen molar-refractivity contribution in [3.63, 3.8) is 0 Å². The second-order valence-corrected chi connectivity index (χ2v) is 32.9. The smallest absolute Gasteiger partial charge is 0.252 e. The molecule has 2 aliphatic carbocycles. The summed E-state index contributed by atoms with van der Waals surface area (Å²) in [6, 6.07) is 54.1. The molecule has 0 N–H and O–H groups in total. The van der Waals surface area contributed by atoms with Crippen LogP contribution in [0.3, 0.4) is 0 Å². The van der Waals surface area contributed by atoms with Gasteiger partial charge in [-0.3, -0.25) is 0 Å².